The minimum absolute atomic E-state index is 0.519. The average molecular weight is 290 g/mol. The highest BCUT2D eigenvalue weighted by Crippen LogP contribution is 2.29. The van der Waals surface area contributed by atoms with E-state index in [2.05, 4.69) is 19.1 Å². The van der Waals surface area contributed by atoms with E-state index in [0.717, 1.165) is 12.7 Å². The maximum atomic E-state index is 10.8. The van der Waals surface area contributed by atoms with Gasteiger partial charge in [0.15, 0.2) is 11.5 Å². The molecule has 0 spiro atoms. The summed E-state index contributed by atoms with van der Waals surface area (Å²) in [6.07, 6.45) is 1.85. The Morgan fingerprint density at radius 1 is 1.05 bits per heavy atom. The number of aryl methyl sites for hydroxylation is 1. The Morgan fingerprint density at radius 3 is 2.50 bits per heavy atom. The number of carbonyl (C=O) groups excluding carboxylic acids is 1. The molecule has 0 atom stereocenters. The summed E-state index contributed by atoms with van der Waals surface area (Å²) in [6, 6.07) is 9.43. The van der Waals surface area contributed by atoms with Crippen LogP contribution >= 0.6 is 11.3 Å². The molecule has 3 nitrogen and oxygen atoms in total. The van der Waals surface area contributed by atoms with E-state index in [9.17, 15) is 4.79 Å². The average Bonchev–Trinajstić information content (AvgIpc) is 2.94. The van der Waals surface area contributed by atoms with Crippen molar-refractivity contribution in [3.05, 3.63) is 45.6 Å². The van der Waals surface area contributed by atoms with Gasteiger partial charge in [-0.2, -0.15) is 0 Å². The van der Waals surface area contributed by atoms with E-state index in [0.29, 0.717) is 30.3 Å². The van der Waals surface area contributed by atoms with E-state index in [1.807, 2.05) is 6.92 Å². The third-order valence-electron chi connectivity index (χ3n) is 2.84. The fraction of sp³-hybridized carbons (Fsp3) is 0.312. The number of aldehydes is 1. The largest absolute Gasteiger partial charge is 0.490 e. The van der Waals surface area contributed by atoms with Gasteiger partial charge in [-0.05, 0) is 43.7 Å². The molecule has 0 saturated heterocycles. The number of hydrogen-bond donors (Lipinski definition) is 0. The van der Waals surface area contributed by atoms with Gasteiger partial charge in [0.05, 0.1) is 6.61 Å². The second-order valence-corrected chi connectivity index (χ2v) is 5.52. The summed E-state index contributed by atoms with van der Waals surface area (Å²) in [7, 11) is 0. The second kappa shape index (κ2) is 7.10. The predicted octanol–water partition coefficient (Wildman–Crippen LogP) is 4.10. The molecule has 1 aromatic heterocycles. The molecule has 0 radical (unpaired) electrons. The van der Waals surface area contributed by atoms with Crippen LogP contribution in [0.15, 0.2) is 30.3 Å². The summed E-state index contributed by atoms with van der Waals surface area (Å²) >= 11 is 1.76. The molecule has 1 aromatic carbocycles. The highest BCUT2D eigenvalue weighted by atomic mass is 32.1. The molecule has 0 fully saturated rings. The molecule has 0 aliphatic heterocycles. The quantitative estimate of drug-likeness (QED) is 0.720. The Morgan fingerprint density at radius 2 is 1.85 bits per heavy atom. The fourth-order valence-electron chi connectivity index (χ4n) is 1.82. The standard InChI is InChI=1S/C16H18O3S/c1-3-13-6-7-14(20-13)11-19-15-8-5-12(10-17)9-16(15)18-4-2/h5-10H,3-4,11H2,1-2H3. The molecule has 2 aromatic rings. The van der Waals surface area contributed by atoms with Crippen LogP contribution < -0.4 is 9.47 Å². The first kappa shape index (κ1) is 14.6. The van der Waals surface area contributed by atoms with Crippen LogP contribution in [0.1, 0.15) is 34.0 Å². The summed E-state index contributed by atoms with van der Waals surface area (Å²) < 4.78 is 11.3. The Kier molecular flexibility index (Phi) is 5.18. The summed E-state index contributed by atoms with van der Waals surface area (Å²) in [6.45, 7) is 5.11. The molecular formula is C16H18O3S. The molecule has 0 saturated carbocycles. The zero-order valence-electron chi connectivity index (χ0n) is 11.7. The van der Waals surface area contributed by atoms with Crippen LogP contribution in [0.25, 0.3) is 0 Å². The highest BCUT2D eigenvalue weighted by Gasteiger charge is 2.07. The molecule has 4 heteroatoms. The number of hydrogen-bond acceptors (Lipinski definition) is 4. The molecule has 106 valence electrons. The third kappa shape index (κ3) is 3.61. The lowest BCUT2D eigenvalue weighted by Crippen LogP contribution is -1.99. The van der Waals surface area contributed by atoms with E-state index >= 15 is 0 Å². The van der Waals surface area contributed by atoms with Crippen molar-refractivity contribution in [2.75, 3.05) is 6.61 Å². The fourth-order valence-corrected chi connectivity index (χ4v) is 2.70. The molecule has 20 heavy (non-hydrogen) atoms. The molecule has 0 bridgehead atoms. The van der Waals surface area contributed by atoms with Crippen molar-refractivity contribution in [3.63, 3.8) is 0 Å². The van der Waals surface area contributed by atoms with Crippen molar-refractivity contribution in [2.45, 2.75) is 26.9 Å². The summed E-state index contributed by atoms with van der Waals surface area (Å²) in [5.41, 5.74) is 0.588. The lowest BCUT2D eigenvalue weighted by Gasteiger charge is -2.11. The summed E-state index contributed by atoms with van der Waals surface area (Å²) in [5.74, 6) is 1.29. The SMILES string of the molecule is CCOc1cc(C=O)ccc1OCc1ccc(CC)s1. The number of ether oxygens (including phenoxy) is 2. The maximum Gasteiger partial charge on any atom is 0.161 e. The molecule has 2 rings (SSSR count). The van der Waals surface area contributed by atoms with Crippen LogP contribution in [0.5, 0.6) is 11.5 Å². The first-order valence-electron chi connectivity index (χ1n) is 6.69. The number of thiophene rings is 1. The summed E-state index contributed by atoms with van der Waals surface area (Å²) in [4.78, 5) is 13.3. The van der Waals surface area contributed by atoms with Gasteiger partial charge in [-0.15, -0.1) is 11.3 Å². The van der Waals surface area contributed by atoms with Crippen molar-refractivity contribution in [1.29, 1.82) is 0 Å². The van der Waals surface area contributed by atoms with Gasteiger partial charge in [-0.3, -0.25) is 4.79 Å². The molecule has 0 aliphatic carbocycles. The van der Waals surface area contributed by atoms with Gasteiger partial charge in [0, 0.05) is 15.3 Å². The van der Waals surface area contributed by atoms with E-state index in [1.165, 1.54) is 9.75 Å². The second-order valence-electron chi connectivity index (χ2n) is 4.27. The van der Waals surface area contributed by atoms with Gasteiger partial charge < -0.3 is 9.47 Å². The minimum Gasteiger partial charge on any atom is -0.490 e. The van der Waals surface area contributed by atoms with Gasteiger partial charge in [0.1, 0.15) is 12.9 Å². The Labute approximate surface area is 123 Å². The number of carbonyl (C=O) groups is 1. The Bertz CT molecular complexity index is 575. The predicted molar refractivity (Wildman–Crippen MR) is 81.0 cm³/mol. The lowest BCUT2D eigenvalue weighted by atomic mass is 10.2. The lowest BCUT2D eigenvalue weighted by molar-refractivity contribution is 0.112. The molecular weight excluding hydrogens is 272 g/mol. The molecule has 0 aliphatic rings. The van der Waals surface area contributed by atoms with Crippen molar-refractivity contribution >= 4 is 17.6 Å². The van der Waals surface area contributed by atoms with E-state index in [4.69, 9.17) is 9.47 Å². The smallest absolute Gasteiger partial charge is 0.161 e. The van der Waals surface area contributed by atoms with Gasteiger partial charge in [0.2, 0.25) is 0 Å². The number of rotatable bonds is 7. The van der Waals surface area contributed by atoms with Gasteiger partial charge in [-0.1, -0.05) is 6.92 Å². The van der Waals surface area contributed by atoms with Gasteiger partial charge in [-0.25, -0.2) is 0 Å². The Balaban J connectivity index is 2.09. The van der Waals surface area contributed by atoms with Crippen molar-refractivity contribution in [1.82, 2.24) is 0 Å². The zero-order valence-corrected chi connectivity index (χ0v) is 12.5. The van der Waals surface area contributed by atoms with E-state index in [1.54, 1.807) is 29.5 Å². The van der Waals surface area contributed by atoms with Crippen molar-refractivity contribution in [2.24, 2.45) is 0 Å². The molecule has 0 amide bonds. The van der Waals surface area contributed by atoms with Crippen LogP contribution in [-0.4, -0.2) is 12.9 Å². The monoisotopic (exact) mass is 290 g/mol. The summed E-state index contributed by atoms with van der Waals surface area (Å²) in [5, 5.41) is 0. The van der Waals surface area contributed by atoms with Crippen LogP contribution in [0.2, 0.25) is 0 Å². The van der Waals surface area contributed by atoms with Crippen molar-refractivity contribution < 1.29 is 14.3 Å². The highest BCUT2D eigenvalue weighted by molar-refractivity contribution is 7.11. The van der Waals surface area contributed by atoms with Crippen LogP contribution in [0.3, 0.4) is 0 Å². The maximum absolute atomic E-state index is 10.8. The Hall–Kier alpha value is -1.81. The minimum atomic E-state index is 0.519. The van der Waals surface area contributed by atoms with Crippen LogP contribution in [0.4, 0.5) is 0 Å². The van der Waals surface area contributed by atoms with Gasteiger partial charge in [0.25, 0.3) is 0 Å². The van der Waals surface area contributed by atoms with Crippen LogP contribution in [0, 0.1) is 0 Å². The van der Waals surface area contributed by atoms with Gasteiger partial charge >= 0.3 is 0 Å². The van der Waals surface area contributed by atoms with Crippen LogP contribution in [-0.2, 0) is 13.0 Å². The normalized spacial score (nSPS) is 10.3. The topological polar surface area (TPSA) is 35.5 Å². The third-order valence-corrected chi connectivity index (χ3v) is 4.04. The van der Waals surface area contributed by atoms with E-state index in [-0.39, 0.29) is 0 Å². The molecule has 1 heterocycles. The first-order chi connectivity index (χ1) is 9.76. The molecule has 0 N–H and O–H groups in total. The van der Waals surface area contributed by atoms with Crippen molar-refractivity contribution in [3.8, 4) is 11.5 Å². The first-order valence-corrected chi connectivity index (χ1v) is 7.50. The van der Waals surface area contributed by atoms with E-state index < -0.39 is 0 Å². The zero-order chi connectivity index (χ0) is 14.4. The number of benzene rings is 1. The molecule has 0 unspecified atom stereocenters.